The molecule has 146 valence electrons. The van der Waals surface area contributed by atoms with Crippen molar-refractivity contribution in [2.24, 2.45) is 0 Å². The van der Waals surface area contributed by atoms with Gasteiger partial charge in [0.15, 0.2) is 5.76 Å². The van der Waals surface area contributed by atoms with Crippen molar-refractivity contribution in [3.05, 3.63) is 77.0 Å². The van der Waals surface area contributed by atoms with Crippen LogP contribution in [0.5, 0.6) is 17.4 Å². The lowest BCUT2D eigenvalue weighted by Crippen LogP contribution is -2.22. The summed E-state index contributed by atoms with van der Waals surface area (Å²) in [6.45, 7) is 6.64. The van der Waals surface area contributed by atoms with E-state index < -0.39 is 0 Å². The Labute approximate surface area is 165 Å². The number of aryl methyl sites for hydroxylation is 1. The van der Waals surface area contributed by atoms with E-state index in [4.69, 9.17) is 13.9 Å². The van der Waals surface area contributed by atoms with Crippen LogP contribution in [0.25, 0.3) is 0 Å². The van der Waals surface area contributed by atoms with Crippen LogP contribution in [0.15, 0.2) is 59.0 Å². The molecule has 0 atom stereocenters. The molecule has 0 aliphatic rings. The summed E-state index contributed by atoms with van der Waals surface area (Å²) in [5.74, 6) is 2.11. The van der Waals surface area contributed by atoms with Crippen molar-refractivity contribution < 1.29 is 18.7 Å². The molecule has 0 bridgehead atoms. The summed E-state index contributed by atoms with van der Waals surface area (Å²) in [7, 11) is 1.62. The summed E-state index contributed by atoms with van der Waals surface area (Å²) in [4.78, 5) is 12.3. The van der Waals surface area contributed by atoms with Gasteiger partial charge in [0.2, 0.25) is 0 Å². The fourth-order valence-corrected chi connectivity index (χ4v) is 2.70. The van der Waals surface area contributed by atoms with Gasteiger partial charge in [0, 0.05) is 12.6 Å². The molecule has 5 nitrogen and oxygen atoms in total. The molecule has 0 aliphatic heterocycles. The quantitative estimate of drug-likeness (QED) is 0.594. The van der Waals surface area contributed by atoms with Gasteiger partial charge in [-0.1, -0.05) is 38.1 Å². The van der Waals surface area contributed by atoms with Gasteiger partial charge >= 0.3 is 0 Å². The second-order valence-corrected chi connectivity index (χ2v) is 6.93. The lowest BCUT2D eigenvalue weighted by Gasteiger charge is -2.11. The highest BCUT2D eigenvalue weighted by Crippen LogP contribution is 2.29. The van der Waals surface area contributed by atoms with Gasteiger partial charge in [-0.25, -0.2) is 0 Å². The van der Waals surface area contributed by atoms with Crippen molar-refractivity contribution >= 4 is 5.91 Å². The van der Waals surface area contributed by atoms with Crippen LogP contribution in [0.2, 0.25) is 0 Å². The van der Waals surface area contributed by atoms with Crippen LogP contribution in [0.4, 0.5) is 0 Å². The minimum absolute atomic E-state index is 0.209. The third-order valence-electron chi connectivity index (χ3n) is 4.51. The molecule has 1 N–H and O–H groups in total. The first-order chi connectivity index (χ1) is 13.5. The number of amides is 1. The van der Waals surface area contributed by atoms with E-state index in [2.05, 4.69) is 25.2 Å². The maximum Gasteiger partial charge on any atom is 0.290 e. The van der Waals surface area contributed by atoms with Gasteiger partial charge in [-0.05, 0) is 53.8 Å². The highest BCUT2D eigenvalue weighted by molar-refractivity contribution is 5.91. The molecule has 1 aromatic heterocycles. The van der Waals surface area contributed by atoms with E-state index in [1.54, 1.807) is 19.2 Å². The van der Waals surface area contributed by atoms with Crippen molar-refractivity contribution in [2.45, 2.75) is 33.2 Å². The molecule has 3 aromatic rings. The predicted molar refractivity (Wildman–Crippen MR) is 108 cm³/mol. The predicted octanol–water partition coefficient (Wildman–Crippen LogP) is 5.44. The molecule has 1 amide bonds. The van der Waals surface area contributed by atoms with Crippen LogP contribution < -0.4 is 14.8 Å². The molecule has 0 radical (unpaired) electrons. The molecule has 0 unspecified atom stereocenters. The molecular formula is C23H25NO4. The Hall–Kier alpha value is -3.21. The molecule has 28 heavy (non-hydrogen) atoms. The first-order valence-corrected chi connectivity index (χ1v) is 9.25. The number of ether oxygens (including phenoxy) is 2. The molecule has 0 fully saturated rings. The number of carbonyl (C=O) groups excluding carboxylic acids is 1. The fourth-order valence-electron chi connectivity index (χ4n) is 2.70. The lowest BCUT2D eigenvalue weighted by molar-refractivity contribution is 0.0918. The summed E-state index contributed by atoms with van der Waals surface area (Å²) >= 11 is 0. The zero-order valence-electron chi connectivity index (χ0n) is 16.6. The Kier molecular flexibility index (Phi) is 6.04. The summed E-state index contributed by atoms with van der Waals surface area (Å²) in [6.07, 6.45) is 0. The lowest BCUT2D eigenvalue weighted by atomic mass is 10.0. The monoisotopic (exact) mass is 379 g/mol. The summed E-state index contributed by atoms with van der Waals surface area (Å²) in [5, 5.41) is 2.84. The Bertz CT molecular complexity index is 941. The van der Waals surface area contributed by atoms with Crippen LogP contribution in [-0.4, -0.2) is 13.0 Å². The number of rotatable bonds is 7. The Morgan fingerprint density at radius 2 is 1.82 bits per heavy atom. The fraction of sp³-hybridized carbons (Fsp3) is 0.261. The summed E-state index contributed by atoms with van der Waals surface area (Å²) < 4.78 is 16.6. The van der Waals surface area contributed by atoms with Crippen molar-refractivity contribution in [2.75, 3.05) is 7.11 Å². The first-order valence-electron chi connectivity index (χ1n) is 9.25. The minimum Gasteiger partial charge on any atom is -0.497 e. The zero-order valence-corrected chi connectivity index (χ0v) is 16.6. The van der Waals surface area contributed by atoms with Crippen LogP contribution >= 0.6 is 0 Å². The standard InChI is InChI=1S/C23H25NO4/c1-15(2)18-8-5-16(3)21(13-18)28-22-12-11-20(27-22)23(25)24-14-17-6-9-19(26-4)10-7-17/h5-13,15H,14H2,1-4H3,(H,24,25). The van der Waals surface area contributed by atoms with Crippen molar-refractivity contribution in [3.63, 3.8) is 0 Å². The van der Waals surface area contributed by atoms with Crippen LogP contribution in [0.3, 0.4) is 0 Å². The number of benzene rings is 2. The van der Waals surface area contributed by atoms with Crippen molar-refractivity contribution in [3.8, 4) is 17.4 Å². The zero-order chi connectivity index (χ0) is 20.1. The SMILES string of the molecule is COc1ccc(CNC(=O)c2ccc(Oc3cc(C(C)C)ccc3C)o2)cc1. The average Bonchev–Trinajstić information content (AvgIpc) is 3.16. The molecule has 1 heterocycles. The van der Waals surface area contributed by atoms with Gasteiger partial charge in [-0.2, -0.15) is 0 Å². The van der Waals surface area contributed by atoms with E-state index in [0.29, 0.717) is 18.4 Å². The van der Waals surface area contributed by atoms with E-state index in [9.17, 15) is 4.79 Å². The van der Waals surface area contributed by atoms with Gasteiger partial charge in [-0.15, -0.1) is 0 Å². The summed E-state index contributed by atoms with van der Waals surface area (Å²) in [6, 6.07) is 16.9. The molecule has 0 saturated carbocycles. The maximum atomic E-state index is 12.3. The number of hydrogen-bond donors (Lipinski definition) is 1. The smallest absolute Gasteiger partial charge is 0.290 e. The van der Waals surface area contributed by atoms with E-state index in [-0.39, 0.29) is 11.7 Å². The number of methoxy groups -OCH3 is 1. The van der Waals surface area contributed by atoms with Gasteiger partial charge in [0.05, 0.1) is 7.11 Å². The molecular weight excluding hydrogens is 354 g/mol. The normalized spacial score (nSPS) is 10.8. The number of hydrogen-bond acceptors (Lipinski definition) is 4. The molecule has 2 aromatic carbocycles. The number of carbonyl (C=O) groups is 1. The topological polar surface area (TPSA) is 60.7 Å². The Balaban J connectivity index is 1.63. The highest BCUT2D eigenvalue weighted by Gasteiger charge is 2.13. The van der Waals surface area contributed by atoms with Gasteiger partial charge in [0.25, 0.3) is 11.9 Å². The number of nitrogens with one attached hydrogen (secondary N) is 1. The average molecular weight is 379 g/mol. The van der Waals surface area contributed by atoms with E-state index in [1.165, 1.54) is 5.56 Å². The molecule has 0 saturated heterocycles. The Morgan fingerprint density at radius 3 is 2.50 bits per heavy atom. The van der Waals surface area contributed by atoms with Gasteiger partial charge in [0.1, 0.15) is 11.5 Å². The Morgan fingerprint density at radius 1 is 1.07 bits per heavy atom. The van der Waals surface area contributed by atoms with E-state index in [0.717, 1.165) is 22.6 Å². The molecule has 0 aliphatic carbocycles. The largest absolute Gasteiger partial charge is 0.497 e. The highest BCUT2D eigenvalue weighted by atomic mass is 16.6. The van der Waals surface area contributed by atoms with Crippen molar-refractivity contribution in [1.29, 1.82) is 0 Å². The first kappa shape index (κ1) is 19.5. The molecule has 5 heteroatoms. The minimum atomic E-state index is -0.293. The third-order valence-corrected chi connectivity index (χ3v) is 4.51. The second kappa shape index (κ2) is 8.65. The van der Waals surface area contributed by atoms with E-state index >= 15 is 0 Å². The van der Waals surface area contributed by atoms with Crippen molar-refractivity contribution in [1.82, 2.24) is 5.32 Å². The van der Waals surface area contributed by atoms with E-state index in [1.807, 2.05) is 43.3 Å². The van der Waals surface area contributed by atoms with Gasteiger partial charge in [-0.3, -0.25) is 4.79 Å². The number of furan rings is 1. The third kappa shape index (κ3) is 4.74. The second-order valence-electron chi connectivity index (χ2n) is 6.93. The molecule has 3 rings (SSSR count). The van der Waals surface area contributed by atoms with Crippen LogP contribution in [-0.2, 0) is 6.54 Å². The molecule has 0 spiro atoms. The van der Waals surface area contributed by atoms with Crippen LogP contribution in [0, 0.1) is 6.92 Å². The van der Waals surface area contributed by atoms with Gasteiger partial charge < -0.3 is 19.2 Å². The maximum absolute atomic E-state index is 12.3. The summed E-state index contributed by atoms with van der Waals surface area (Å²) in [5.41, 5.74) is 3.16. The van der Waals surface area contributed by atoms with Crippen LogP contribution in [0.1, 0.15) is 47.0 Å².